The van der Waals surface area contributed by atoms with Gasteiger partial charge >= 0.3 is 0 Å². The van der Waals surface area contributed by atoms with Gasteiger partial charge in [-0.05, 0) is 52.4 Å². The van der Waals surface area contributed by atoms with Crippen molar-refractivity contribution in [3.05, 3.63) is 18.2 Å². The molecule has 4 heteroatoms. The molecule has 96 valence electrons. The Morgan fingerprint density at radius 1 is 1.41 bits per heavy atom. The van der Waals surface area contributed by atoms with Crippen LogP contribution in [-0.2, 0) is 13.1 Å². The molecule has 0 spiro atoms. The summed E-state index contributed by atoms with van der Waals surface area (Å²) in [4.78, 5) is 6.66. The smallest absolute Gasteiger partial charge is 0.0948 e. The van der Waals surface area contributed by atoms with E-state index >= 15 is 0 Å². The molecule has 0 amide bonds. The molecule has 17 heavy (non-hydrogen) atoms. The predicted molar refractivity (Wildman–Crippen MR) is 69.8 cm³/mol. The third-order valence-electron chi connectivity index (χ3n) is 3.77. The highest BCUT2D eigenvalue weighted by molar-refractivity contribution is 4.97. The summed E-state index contributed by atoms with van der Waals surface area (Å²) in [6.07, 6.45) is 7.92. The van der Waals surface area contributed by atoms with Gasteiger partial charge in [-0.25, -0.2) is 4.98 Å². The first-order valence-electron chi connectivity index (χ1n) is 6.61. The summed E-state index contributed by atoms with van der Waals surface area (Å²) in [5, 5.41) is 3.19. The lowest BCUT2D eigenvalue weighted by molar-refractivity contribution is 0.207. The molecule has 0 atom stereocenters. The summed E-state index contributed by atoms with van der Waals surface area (Å²) in [5.74, 6) is 0.899. The van der Waals surface area contributed by atoms with E-state index in [-0.39, 0.29) is 0 Å². The summed E-state index contributed by atoms with van der Waals surface area (Å²) < 4.78 is 2.29. The third kappa shape index (κ3) is 3.54. The Hall–Kier alpha value is -0.870. The zero-order valence-electron chi connectivity index (χ0n) is 11.0. The lowest BCUT2D eigenvalue weighted by Gasteiger charge is -2.29. The molecule has 1 aliphatic rings. The maximum atomic E-state index is 4.23. The average Bonchev–Trinajstić information content (AvgIpc) is 2.77. The minimum atomic E-state index is 0.899. The Morgan fingerprint density at radius 3 is 2.88 bits per heavy atom. The molecule has 0 aromatic carbocycles. The molecule has 1 aromatic rings. The molecule has 1 aromatic heterocycles. The number of piperidine rings is 1. The standard InChI is InChI=1S/C13H24N4/c1-14-9-13-10-15-11-17(13)8-5-12-3-6-16(2)7-4-12/h10-12,14H,3-9H2,1-2H3. The van der Waals surface area contributed by atoms with Crippen molar-refractivity contribution >= 4 is 0 Å². The number of imidazole rings is 1. The fourth-order valence-electron chi connectivity index (χ4n) is 2.55. The van der Waals surface area contributed by atoms with Crippen LogP contribution in [0.1, 0.15) is 25.0 Å². The first-order valence-corrected chi connectivity index (χ1v) is 6.61. The molecule has 0 unspecified atom stereocenters. The number of aromatic nitrogens is 2. The average molecular weight is 236 g/mol. The van der Waals surface area contributed by atoms with Gasteiger partial charge in [-0.15, -0.1) is 0 Å². The molecular formula is C13H24N4. The van der Waals surface area contributed by atoms with Crippen molar-refractivity contribution in [2.24, 2.45) is 5.92 Å². The molecule has 1 fully saturated rings. The molecule has 0 saturated carbocycles. The van der Waals surface area contributed by atoms with Crippen molar-refractivity contribution in [2.75, 3.05) is 27.2 Å². The van der Waals surface area contributed by atoms with Crippen LogP contribution in [0.5, 0.6) is 0 Å². The highest BCUT2D eigenvalue weighted by Gasteiger charge is 2.16. The van der Waals surface area contributed by atoms with Gasteiger partial charge in [0.2, 0.25) is 0 Å². The molecule has 1 saturated heterocycles. The minimum absolute atomic E-state index is 0.899. The lowest BCUT2D eigenvalue weighted by atomic mass is 9.94. The van der Waals surface area contributed by atoms with Crippen LogP contribution in [0, 0.1) is 5.92 Å². The molecule has 1 N–H and O–H groups in total. The molecule has 0 radical (unpaired) electrons. The van der Waals surface area contributed by atoms with Gasteiger partial charge in [0, 0.05) is 19.3 Å². The molecule has 0 aliphatic carbocycles. The minimum Gasteiger partial charge on any atom is -0.333 e. The van der Waals surface area contributed by atoms with Gasteiger partial charge < -0.3 is 14.8 Å². The van der Waals surface area contributed by atoms with Crippen LogP contribution in [0.25, 0.3) is 0 Å². The topological polar surface area (TPSA) is 33.1 Å². The van der Waals surface area contributed by atoms with Crippen LogP contribution in [0.2, 0.25) is 0 Å². The van der Waals surface area contributed by atoms with Gasteiger partial charge in [-0.1, -0.05) is 0 Å². The summed E-state index contributed by atoms with van der Waals surface area (Å²) in [6, 6.07) is 0. The molecule has 2 rings (SSSR count). The first-order chi connectivity index (χ1) is 8.29. The molecule has 1 aliphatic heterocycles. The Labute approximate surface area is 104 Å². The molecule has 0 bridgehead atoms. The number of likely N-dealkylation sites (tertiary alicyclic amines) is 1. The predicted octanol–water partition coefficient (Wildman–Crippen LogP) is 1.33. The van der Waals surface area contributed by atoms with E-state index in [4.69, 9.17) is 0 Å². The van der Waals surface area contributed by atoms with Gasteiger partial charge in [0.05, 0.1) is 12.0 Å². The second kappa shape index (κ2) is 6.17. The zero-order valence-corrected chi connectivity index (χ0v) is 11.0. The number of nitrogens with one attached hydrogen (secondary N) is 1. The van der Waals surface area contributed by atoms with E-state index in [2.05, 4.69) is 26.8 Å². The van der Waals surface area contributed by atoms with Crippen molar-refractivity contribution in [1.82, 2.24) is 19.8 Å². The molecule has 4 nitrogen and oxygen atoms in total. The number of aryl methyl sites for hydroxylation is 1. The lowest BCUT2D eigenvalue weighted by Crippen LogP contribution is -2.30. The second-order valence-electron chi connectivity index (χ2n) is 5.14. The number of rotatable bonds is 5. The summed E-state index contributed by atoms with van der Waals surface area (Å²) >= 11 is 0. The highest BCUT2D eigenvalue weighted by Crippen LogP contribution is 2.20. The number of nitrogens with zero attached hydrogens (tertiary/aromatic N) is 3. The normalized spacial score (nSPS) is 18.7. The van der Waals surface area contributed by atoms with Gasteiger partial charge in [0.25, 0.3) is 0 Å². The number of hydrogen-bond donors (Lipinski definition) is 1. The van der Waals surface area contributed by atoms with Crippen molar-refractivity contribution in [3.63, 3.8) is 0 Å². The van der Waals surface area contributed by atoms with Crippen LogP contribution >= 0.6 is 0 Å². The Bertz CT molecular complexity index is 326. The number of hydrogen-bond acceptors (Lipinski definition) is 3. The third-order valence-corrected chi connectivity index (χ3v) is 3.77. The van der Waals surface area contributed by atoms with E-state index in [1.807, 2.05) is 19.6 Å². The summed E-state index contributed by atoms with van der Waals surface area (Å²) in [7, 11) is 4.20. The quantitative estimate of drug-likeness (QED) is 0.837. The maximum Gasteiger partial charge on any atom is 0.0948 e. The fraction of sp³-hybridized carbons (Fsp3) is 0.769. The van der Waals surface area contributed by atoms with Crippen LogP contribution in [-0.4, -0.2) is 41.6 Å². The largest absolute Gasteiger partial charge is 0.333 e. The van der Waals surface area contributed by atoms with Crippen molar-refractivity contribution in [2.45, 2.75) is 32.4 Å². The zero-order chi connectivity index (χ0) is 12.1. The first kappa shape index (κ1) is 12.6. The van der Waals surface area contributed by atoms with E-state index in [0.29, 0.717) is 0 Å². The van der Waals surface area contributed by atoms with Crippen molar-refractivity contribution < 1.29 is 0 Å². The maximum absolute atomic E-state index is 4.23. The Balaban J connectivity index is 1.79. The molecule has 2 heterocycles. The Kier molecular flexibility index (Phi) is 4.57. The van der Waals surface area contributed by atoms with Gasteiger partial charge in [-0.2, -0.15) is 0 Å². The van der Waals surface area contributed by atoms with Crippen LogP contribution in [0.3, 0.4) is 0 Å². The summed E-state index contributed by atoms with van der Waals surface area (Å²) in [6.45, 7) is 4.55. The highest BCUT2D eigenvalue weighted by atomic mass is 15.1. The monoisotopic (exact) mass is 236 g/mol. The SMILES string of the molecule is CNCc1cncn1CCC1CCN(C)CC1. The van der Waals surface area contributed by atoms with Gasteiger partial charge in [-0.3, -0.25) is 0 Å². The van der Waals surface area contributed by atoms with E-state index in [1.54, 1.807) is 0 Å². The van der Waals surface area contributed by atoms with E-state index in [1.165, 1.54) is 38.0 Å². The second-order valence-corrected chi connectivity index (χ2v) is 5.14. The van der Waals surface area contributed by atoms with Crippen LogP contribution < -0.4 is 5.32 Å². The summed E-state index contributed by atoms with van der Waals surface area (Å²) in [5.41, 5.74) is 1.29. The van der Waals surface area contributed by atoms with Crippen molar-refractivity contribution in [1.29, 1.82) is 0 Å². The van der Waals surface area contributed by atoms with E-state index in [0.717, 1.165) is 19.0 Å². The Morgan fingerprint density at radius 2 is 2.18 bits per heavy atom. The molecular weight excluding hydrogens is 212 g/mol. The van der Waals surface area contributed by atoms with E-state index < -0.39 is 0 Å². The van der Waals surface area contributed by atoms with E-state index in [9.17, 15) is 0 Å². The van der Waals surface area contributed by atoms with Crippen LogP contribution in [0.4, 0.5) is 0 Å². The van der Waals surface area contributed by atoms with Gasteiger partial charge in [0.15, 0.2) is 0 Å². The van der Waals surface area contributed by atoms with Crippen LogP contribution in [0.15, 0.2) is 12.5 Å². The fourth-order valence-corrected chi connectivity index (χ4v) is 2.55. The van der Waals surface area contributed by atoms with Gasteiger partial charge in [0.1, 0.15) is 0 Å². The van der Waals surface area contributed by atoms with Crippen molar-refractivity contribution in [3.8, 4) is 0 Å².